The van der Waals surface area contributed by atoms with E-state index in [2.05, 4.69) is 45.4 Å². The number of nitrogen functional groups attached to an aromatic ring is 2. The molecule has 0 atom stereocenters. The molecule has 16 heteroatoms. The summed E-state index contributed by atoms with van der Waals surface area (Å²) in [6.07, 6.45) is 3.07. The molecule has 16 nitrogen and oxygen atoms in total. The number of nitrogens with two attached hydrogens (primary N) is 2. The van der Waals surface area contributed by atoms with E-state index in [1.165, 1.54) is 21.6 Å². The van der Waals surface area contributed by atoms with Gasteiger partial charge in [-0.15, -0.1) is 10.2 Å². The van der Waals surface area contributed by atoms with Crippen LogP contribution in [0, 0.1) is 0 Å². The zero-order valence-electron chi connectivity index (χ0n) is 19.8. The van der Waals surface area contributed by atoms with Gasteiger partial charge in [0.15, 0.2) is 11.5 Å². The number of furan rings is 2. The first-order chi connectivity index (χ1) is 19.1. The van der Waals surface area contributed by atoms with Crippen molar-refractivity contribution in [3.8, 4) is 34.9 Å². The summed E-state index contributed by atoms with van der Waals surface area (Å²) in [7, 11) is 0. The van der Waals surface area contributed by atoms with Gasteiger partial charge in [-0.1, -0.05) is 12.1 Å². The highest BCUT2D eigenvalue weighted by molar-refractivity contribution is 5.53. The third-order valence-electron chi connectivity index (χ3n) is 5.51. The van der Waals surface area contributed by atoms with Crippen LogP contribution in [0.25, 0.3) is 34.7 Å². The summed E-state index contributed by atoms with van der Waals surface area (Å²) >= 11 is 0. The first-order valence-electron chi connectivity index (χ1n) is 11.5. The molecular formula is C23H17N13O3. The second kappa shape index (κ2) is 8.80. The molecule has 0 aliphatic rings. The summed E-state index contributed by atoms with van der Waals surface area (Å²) < 4.78 is 19.1. The van der Waals surface area contributed by atoms with Crippen LogP contribution < -0.4 is 21.5 Å². The summed E-state index contributed by atoms with van der Waals surface area (Å²) in [6.45, 7) is 0.416. The normalized spacial score (nSPS) is 11.4. The number of fused-ring (bicyclic) bond motifs is 2. The fourth-order valence-electron chi connectivity index (χ4n) is 3.70. The zero-order valence-corrected chi connectivity index (χ0v) is 19.8. The maximum atomic E-state index is 6.04. The number of nitrogens with one attached hydrogen (secondary N) is 1. The smallest absolute Gasteiger partial charge is 0.328 e. The first-order valence-corrected chi connectivity index (χ1v) is 11.5. The molecule has 39 heavy (non-hydrogen) atoms. The Kier molecular flexibility index (Phi) is 5.00. The van der Waals surface area contributed by atoms with Gasteiger partial charge in [0.1, 0.15) is 5.75 Å². The van der Waals surface area contributed by atoms with Crippen LogP contribution in [0.2, 0.25) is 0 Å². The molecule has 0 radical (unpaired) electrons. The fraction of sp³-hybridized carbons (Fsp3) is 0.0435. The van der Waals surface area contributed by atoms with Gasteiger partial charge in [-0.25, -0.2) is 0 Å². The second-order valence-corrected chi connectivity index (χ2v) is 8.12. The van der Waals surface area contributed by atoms with Crippen molar-refractivity contribution >= 4 is 29.4 Å². The predicted molar refractivity (Wildman–Crippen MR) is 135 cm³/mol. The molecule has 7 rings (SSSR count). The van der Waals surface area contributed by atoms with Gasteiger partial charge in [0, 0.05) is 6.54 Å². The summed E-state index contributed by atoms with van der Waals surface area (Å²) in [5.41, 5.74) is 13.0. The van der Waals surface area contributed by atoms with Crippen LogP contribution in [0.15, 0.2) is 69.9 Å². The van der Waals surface area contributed by atoms with Gasteiger partial charge < -0.3 is 30.4 Å². The van der Waals surface area contributed by atoms with Crippen molar-refractivity contribution < 1.29 is 13.6 Å². The van der Waals surface area contributed by atoms with Gasteiger partial charge in [-0.3, -0.25) is 0 Å². The molecule has 0 fully saturated rings. The third kappa shape index (κ3) is 4.16. The molecule has 7 aromatic rings. The number of nitrogens with zero attached hydrogens (tertiary/aromatic N) is 10. The Hall–Kier alpha value is -6.06. The van der Waals surface area contributed by atoms with E-state index in [0.29, 0.717) is 47.2 Å². The van der Waals surface area contributed by atoms with Crippen LogP contribution in [-0.2, 0) is 6.54 Å². The summed E-state index contributed by atoms with van der Waals surface area (Å²) in [6, 6.07) is 14.3. The Morgan fingerprint density at radius 3 is 1.95 bits per heavy atom. The number of anilines is 3. The van der Waals surface area contributed by atoms with E-state index in [0.717, 1.165) is 5.56 Å². The number of hydrogen-bond acceptors (Lipinski definition) is 14. The van der Waals surface area contributed by atoms with Crippen molar-refractivity contribution in [2.75, 3.05) is 16.8 Å². The molecule has 0 bridgehead atoms. The Morgan fingerprint density at radius 2 is 1.33 bits per heavy atom. The number of hydrogen-bond donors (Lipinski definition) is 3. The van der Waals surface area contributed by atoms with E-state index < -0.39 is 0 Å². The van der Waals surface area contributed by atoms with Gasteiger partial charge in [-0.05, 0) is 42.0 Å². The van der Waals surface area contributed by atoms with Crippen molar-refractivity contribution in [1.29, 1.82) is 0 Å². The lowest BCUT2D eigenvalue weighted by Gasteiger charge is -2.08. The molecule has 0 aliphatic heterocycles. The Morgan fingerprint density at radius 1 is 0.718 bits per heavy atom. The maximum absolute atomic E-state index is 6.04. The molecule has 0 aliphatic carbocycles. The van der Waals surface area contributed by atoms with E-state index in [9.17, 15) is 0 Å². The molecule has 0 saturated heterocycles. The zero-order chi connectivity index (χ0) is 26.3. The third-order valence-corrected chi connectivity index (χ3v) is 5.51. The van der Waals surface area contributed by atoms with Crippen molar-refractivity contribution in [3.63, 3.8) is 0 Å². The maximum Gasteiger partial charge on any atom is 0.328 e. The van der Waals surface area contributed by atoms with Crippen molar-refractivity contribution in [2.24, 2.45) is 0 Å². The van der Waals surface area contributed by atoms with Gasteiger partial charge in [0.25, 0.3) is 11.6 Å². The van der Waals surface area contributed by atoms with E-state index in [1.807, 2.05) is 12.1 Å². The monoisotopic (exact) mass is 523 g/mol. The lowest BCUT2D eigenvalue weighted by atomic mass is 10.2. The van der Waals surface area contributed by atoms with Crippen LogP contribution in [0.1, 0.15) is 5.56 Å². The van der Waals surface area contributed by atoms with Gasteiger partial charge in [0.05, 0.1) is 12.5 Å². The summed E-state index contributed by atoms with van der Waals surface area (Å²) in [5, 5.41) is 11.7. The van der Waals surface area contributed by atoms with Crippen molar-refractivity contribution in [1.82, 2.24) is 49.1 Å². The average molecular weight is 523 g/mol. The van der Waals surface area contributed by atoms with Crippen molar-refractivity contribution in [3.05, 3.63) is 66.6 Å². The van der Waals surface area contributed by atoms with E-state index in [1.54, 1.807) is 36.4 Å². The second-order valence-electron chi connectivity index (χ2n) is 8.12. The lowest BCUT2D eigenvalue weighted by Crippen LogP contribution is -2.09. The molecule has 1 aromatic carbocycles. The number of benzene rings is 1. The number of rotatable bonds is 7. The van der Waals surface area contributed by atoms with Crippen LogP contribution >= 0.6 is 0 Å². The SMILES string of the molecule is Nc1nc(NCc2ccc(Oc3nc(N)n4nc(-c5ccco5)nc4n3)cc2)nc2nc(-c3ccco3)nn12. The first kappa shape index (κ1) is 22.2. The highest BCUT2D eigenvalue weighted by Gasteiger charge is 2.16. The number of ether oxygens (including phenoxy) is 1. The molecule has 0 spiro atoms. The quantitative estimate of drug-likeness (QED) is 0.274. The standard InChI is InChI=1S/C23H17N13O3/c24-18-29-20(31-21-27-16(33-35(18)21)14-3-1-9-37-14)26-11-12-5-7-13(8-6-12)39-23-30-19(25)36-22(32-23)28-17(34-36)15-4-2-10-38-15/h1-10H,11H2,(H2,25,28,30,32,34)(H3,24,26,27,29,31,33). The highest BCUT2D eigenvalue weighted by Crippen LogP contribution is 2.23. The Bertz CT molecular complexity index is 1910. The number of aromatic nitrogens is 10. The molecule has 0 saturated carbocycles. The van der Waals surface area contributed by atoms with E-state index in [4.69, 9.17) is 25.0 Å². The highest BCUT2D eigenvalue weighted by atomic mass is 16.5. The van der Waals surface area contributed by atoms with Crippen LogP contribution in [-0.4, -0.2) is 49.1 Å². The van der Waals surface area contributed by atoms with Gasteiger partial charge in [0.2, 0.25) is 29.5 Å². The van der Waals surface area contributed by atoms with Crippen molar-refractivity contribution in [2.45, 2.75) is 6.54 Å². The largest absolute Gasteiger partial charge is 0.461 e. The van der Waals surface area contributed by atoms with Gasteiger partial charge >= 0.3 is 6.01 Å². The van der Waals surface area contributed by atoms with Crippen LogP contribution in [0.3, 0.4) is 0 Å². The summed E-state index contributed by atoms with van der Waals surface area (Å²) in [5.74, 6) is 3.22. The lowest BCUT2D eigenvalue weighted by molar-refractivity contribution is 0.441. The van der Waals surface area contributed by atoms with Crippen LogP contribution in [0.4, 0.5) is 17.8 Å². The topological polar surface area (TPSA) is 212 Å². The Labute approximate surface area is 217 Å². The molecule has 0 unspecified atom stereocenters. The van der Waals surface area contributed by atoms with E-state index >= 15 is 0 Å². The molecule has 6 heterocycles. The van der Waals surface area contributed by atoms with E-state index in [-0.39, 0.29) is 23.7 Å². The minimum atomic E-state index is 0.0312. The minimum absolute atomic E-state index is 0.0312. The van der Waals surface area contributed by atoms with Gasteiger partial charge in [-0.2, -0.15) is 38.9 Å². The molecule has 0 amide bonds. The molecule has 192 valence electrons. The Balaban J connectivity index is 1.04. The molecule has 5 N–H and O–H groups in total. The summed E-state index contributed by atoms with van der Waals surface area (Å²) in [4.78, 5) is 25.8. The predicted octanol–water partition coefficient (Wildman–Crippen LogP) is 2.44. The molecular weight excluding hydrogens is 506 g/mol. The van der Waals surface area contributed by atoms with Crippen LogP contribution in [0.5, 0.6) is 11.8 Å². The average Bonchev–Trinajstić information content (AvgIpc) is 3.74. The fourth-order valence-corrected chi connectivity index (χ4v) is 3.70. The minimum Gasteiger partial charge on any atom is -0.461 e. The molecule has 6 aromatic heterocycles.